The summed E-state index contributed by atoms with van der Waals surface area (Å²) < 4.78 is 49.3. The van der Waals surface area contributed by atoms with E-state index in [4.69, 9.17) is 35.9 Å². The van der Waals surface area contributed by atoms with Gasteiger partial charge in [0.1, 0.15) is 24.0 Å². The number of methoxy groups -OCH3 is 1. The number of nitrogens with one attached hydrogen (secondary N) is 1. The van der Waals surface area contributed by atoms with Gasteiger partial charge in [-0.15, -0.1) is 0 Å². The van der Waals surface area contributed by atoms with Crippen molar-refractivity contribution < 1.29 is 32.3 Å². The van der Waals surface area contributed by atoms with Crippen LogP contribution in [0.1, 0.15) is 26.5 Å². The second-order valence-corrected chi connectivity index (χ2v) is 9.73. The van der Waals surface area contributed by atoms with Crippen LogP contribution in [0.5, 0.6) is 5.75 Å². The summed E-state index contributed by atoms with van der Waals surface area (Å²) in [6.07, 6.45) is -1.84. The molecule has 0 amide bonds. The molecule has 1 fully saturated rings. The Morgan fingerprint density at radius 2 is 2.06 bits per heavy atom. The number of rotatable bonds is 10. The zero-order chi connectivity index (χ0) is 26.0. The third kappa shape index (κ3) is 8.99. The van der Waals surface area contributed by atoms with Crippen molar-refractivity contribution in [2.45, 2.75) is 44.9 Å². The Labute approximate surface area is 207 Å². The average Bonchev–Trinajstić information content (AvgIpc) is 3.20. The highest BCUT2D eigenvalue weighted by Gasteiger charge is 2.39. The minimum Gasteiger partial charge on any atom is -0.413 e. The molecule has 0 saturated carbocycles. The van der Waals surface area contributed by atoms with E-state index < -0.39 is 31.9 Å². The number of carbonyl (C=O) groups excluding carboxylic acids is 1. The molecule has 4 atom stereocenters. The number of halogens is 2. The van der Waals surface area contributed by atoms with Crippen molar-refractivity contribution >= 4 is 31.5 Å². The van der Waals surface area contributed by atoms with Crippen molar-refractivity contribution in [2.75, 3.05) is 26.0 Å². The molecule has 3 N–H and O–H groups in total. The van der Waals surface area contributed by atoms with Gasteiger partial charge in [-0.3, -0.25) is 9.09 Å². The maximum atomic E-state index is 14.5. The summed E-state index contributed by atoms with van der Waals surface area (Å²) in [6.45, 7) is 3.40. The molecule has 1 aromatic carbocycles. The predicted molar refractivity (Wildman–Crippen MR) is 128 cm³/mol. The van der Waals surface area contributed by atoms with Crippen molar-refractivity contribution in [3.8, 4) is 5.75 Å². The summed E-state index contributed by atoms with van der Waals surface area (Å²) >= 11 is 5.85. The number of nitrogens with two attached hydrogens (primary N) is 1. The Balaban J connectivity index is 0.000000784. The molecule has 14 heteroatoms. The lowest BCUT2D eigenvalue weighted by Crippen LogP contribution is -2.31. The van der Waals surface area contributed by atoms with E-state index in [-0.39, 0.29) is 36.2 Å². The van der Waals surface area contributed by atoms with E-state index in [0.29, 0.717) is 12.4 Å². The molecule has 2 heterocycles. The first kappa shape index (κ1) is 28.9. The number of hydrogen-bond donors (Lipinski definition) is 2. The van der Waals surface area contributed by atoms with E-state index in [1.54, 1.807) is 37.4 Å². The summed E-state index contributed by atoms with van der Waals surface area (Å²) in [7, 11) is -2.25. The second kappa shape index (κ2) is 13.7. The van der Waals surface area contributed by atoms with Crippen LogP contribution in [0.4, 0.5) is 10.2 Å². The molecule has 1 aliphatic rings. The molecule has 11 nitrogen and oxygen atoms in total. The van der Waals surface area contributed by atoms with E-state index in [1.807, 2.05) is 13.8 Å². The normalized spacial score (nSPS) is 21.1. The van der Waals surface area contributed by atoms with Gasteiger partial charge < -0.3 is 24.5 Å². The summed E-state index contributed by atoms with van der Waals surface area (Å²) in [4.78, 5) is 26.2. The van der Waals surface area contributed by atoms with Crippen LogP contribution >= 0.6 is 19.3 Å². The largest absolute Gasteiger partial charge is 0.459 e. The molecule has 0 aliphatic carbocycles. The molecule has 0 spiro atoms. The molecule has 194 valence electrons. The van der Waals surface area contributed by atoms with Gasteiger partial charge in [-0.1, -0.05) is 29.8 Å². The first-order valence-electron chi connectivity index (χ1n) is 10.6. The Kier molecular flexibility index (Phi) is 11.3. The number of aromatic nitrogens is 2. The van der Waals surface area contributed by atoms with Gasteiger partial charge in [-0.2, -0.15) is 4.98 Å². The Bertz CT molecular complexity index is 1060. The maximum Gasteiger partial charge on any atom is 0.459 e. The van der Waals surface area contributed by atoms with Crippen molar-refractivity contribution in [3.63, 3.8) is 0 Å². The molecule has 35 heavy (non-hydrogen) atoms. The summed E-state index contributed by atoms with van der Waals surface area (Å²) in [5, 5.41) is 2.37. The van der Waals surface area contributed by atoms with Crippen LogP contribution in [0.3, 0.4) is 0 Å². The number of aldehydes is 1. The lowest BCUT2D eigenvalue weighted by Gasteiger charge is -2.21. The van der Waals surface area contributed by atoms with E-state index in [9.17, 15) is 18.5 Å². The molecule has 1 saturated heterocycles. The first-order chi connectivity index (χ1) is 16.6. The first-order valence-corrected chi connectivity index (χ1v) is 12.5. The highest BCUT2D eigenvalue weighted by atomic mass is 35.5. The van der Waals surface area contributed by atoms with Crippen LogP contribution in [0, 0.1) is 0 Å². The van der Waals surface area contributed by atoms with Gasteiger partial charge in [-0.05, 0) is 26.0 Å². The van der Waals surface area contributed by atoms with E-state index in [0.717, 1.165) is 10.8 Å². The SMILES string of the molecule is COC(C)C.Nc1nc(=O)n(C2OC(COP(=O)(NCC=O)Oc3ccccc3)CC2F)cc1Cl. The molecule has 4 unspecified atom stereocenters. The van der Waals surface area contributed by atoms with Crippen LogP contribution in [-0.2, 0) is 23.4 Å². The lowest BCUT2D eigenvalue weighted by atomic mass is 10.2. The summed E-state index contributed by atoms with van der Waals surface area (Å²) in [6, 6.07) is 8.19. The maximum absolute atomic E-state index is 14.5. The number of carbonyl (C=O) groups is 1. The number of alkyl halides is 1. The molecule has 1 aromatic heterocycles. The van der Waals surface area contributed by atoms with Crippen molar-refractivity contribution in [3.05, 3.63) is 52.0 Å². The molecule has 0 radical (unpaired) electrons. The van der Waals surface area contributed by atoms with Gasteiger partial charge in [0.15, 0.2) is 6.23 Å². The fraction of sp³-hybridized carbons (Fsp3) is 0.476. The zero-order valence-corrected chi connectivity index (χ0v) is 21.2. The highest BCUT2D eigenvalue weighted by molar-refractivity contribution is 7.52. The summed E-state index contributed by atoms with van der Waals surface area (Å²) in [5.74, 6) is 0.0772. The fourth-order valence-corrected chi connectivity index (χ4v) is 4.16. The predicted octanol–water partition coefficient (Wildman–Crippen LogP) is 3.14. The molecule has 2 aromatic rings. The van der Waals surface area contributed by atoms with Gasteiger partial charge in [0.05, 0.1) is 30.4 Å². The van der Waals surface area contributed by atoms with Gasteiger partial charge in [0.2, 0.25) is 0 Å². The van der Waals surface area contributed by atoms with Crippen LogP contribution in [0.2, 0.25) is 5.02 Å². The number of benzene rings is 1. The molecule has 1 aliphatic heterocycles. The number of ether oxygens (including phenoxy) is 2. The Morgan fingerprint density at radius 1 is 1.40 bits per heavy atom. The van der Waals surface area contributed by atoms with Gasteiger partial charge in [-0.25, -0.2) is 18.8 Å². The number of nitrogens with zero attached hydrogens (tertiary/aromatic N) is 2. The highest BCUT2D eigenvalue weighted by Crippen LogP contribution is 2.45. The summed E-state index contributed by atoms with van der Waals surface area (Å²) in [5.41, 5.74) is 4.64. The van der Waals surface area contributed by atoms with Gasteiger partial charge >= 0.3 is 13.4 Å². The standard InChI is InChI=1S/C17H19ClFN4O6P.C4H10O/c18-13-9-23(17(25)22-15(13)20)16-14(19)8-12(28-16)10-27-30(26,21-6-7-24)29-11-4-2-1-3-5-11;1-4(2)5-3/h1-5,7,9,12,14,16H,6,8,10H2,(H,21,26)(H2,20,22,25);4H,1-3H3. The number of anilines is 1. The Hall–Kier alpha value is -2.34. The fourth-order valence-electron chi connectivity index (χ4n) is 2.75. The Morgan fingerprint density at radius 3 is 2.66 bits per heavy atom. The van der Waals surface area contributed by atoms with Gasteiger partial charge in [0.25, 0.3) is 0 Å². The monoisotopic (exact) mass is 534 g/mol. The van der Waals surface area contributed by atoms with E-state index in [1.165, 1.54) is 0 Å². The van der Waals surface area contributed by atoms with E-state index in [2.05, 4.69) is 10.1 Å². The van der Waals surface area contributed by atoms with E-state index >= 15 is 0 Å². The lowest BCUT2D eigenvalue weighted by molar-refractivity contribution is -0.107. The molecular formula is C21H29ClFN4O7P. The third-order valence-electron chi connectivity index (χ3n) is 4.58. The third-order valence-corrected chi connectivity index (χ3v) is 6.38. The van der Waals surface area contributed by atoms with Crippen LogP contribution < -0.4 is 21.0 Å². The molecule has 3 rings (SSSR count). The number of hydrogen-bond acceptors (Lipinski definition) is 9. The number of para-hydroxylation sites is 1. The molecule has 0 bridgehead atoms. The zero-order valence-electron chi connectivity index (χ0n) is 19.5. The number of nitrogen functional groups attached to an aromatic ring is 1. The quantitative estimate of drug-likeness (QED) is 0.344. The minimum absolute atomic E-state index is 0.0241. The van der Waals surface area contributed by atoms with Crippen molar-refractivity contribution in [1.82, 2.24) is 14.6 Å². The van der Waals surface area contributed by atoms with Crippen molar-refractivity contribution in [2.24, 2.45) is 0 Å². The second-order valence-electron chi connectivity index (χ2n) is 7.58. The van der Waals surface area contributed by atoms with Crippen molar-refractivity contribution in [1.29, 1.82) is 0 Å². The van der Waals surface area contributed by atoms with Crippen LogP contribution in [-0.4, -0.2) is 54.5 Å². The topological polar surface area (TPSA) is 144 Å². The van der Waals surface area contributed by atoms with Crippen LogP contribution in [0.25, 0.3) is 0 Å². The van der Waals surface area contributed by atoms with Gasteiger partial charge in [0, 0.05) is 19.7 Å². The molecular weight excluding hydrogens is 506 g/mol. The minimum atomic E-state index is -3.95. The average molecular weight is 535 g/mol. The van der Waals surface area contributed by atoms with Crippen LogP contribution in [0.15, 0.2) is 41.3 Å². The smallest absolute Gasteiger partial charge is 0.413 e.